The van der Waals surface area contributed by atoms with Gasteiger partial charge in [0.2, 0.25) is 5.91 Å². The maximum atomic E-state index is 12.7. The fourth-order valence-corrected chi connectivity index (χ4v) is 2.29. The Morgan fingerprint density at radius 3 is 2.73 bits per heavy atom. The van der Waals surface area contributed by atoms with Crippen LogP contribution < -0.4 is 10.1 Å². The molecular weight excluding hydrogens is 342 g/mol. The zero-order valence-electron chi connectivity index (χ0n) is 14.7. The van der Waals surface area contributed by atoms with E-state index in [0.29, 0.717) is 11.6 Å². The largest absolute Gasteiger partial charge is 0.497 e. The number of nitrogens with zero attached hydrogens (tertiary/aromatic N) is 4. The predicted molar refractivity (Wildman–Crippen MR) is 89.6 cm³/mol. The van der Waals surface area contributed by atoms with Crippen molar-refractivity contribution >= 4 is 11.9 Å². The van der Waals surface area contributed by atoms with Crippen LogP contribution in [0.2, 0.25) is 0 Å². The average molecular weight is 363 g/mol. The predicted octanol–water partition coefficient (Wildman–Crippen LogP) is -0.274. The van der Waals surface area contributed by atoms with Crippen molar-refractivity contribution in [1.29, 1.82) is 0 Å². The lowest BCUT2D eigenvalue weighted by Gasteiger charge is -2.22. The lowest BCUT2D eigenvalue weighted by molar-refractivity contribution is -0.156. The highest BCUT2D eigenvalue weighted by molar-refractivity contribution is 5.82. The molecule has 3 N–H and O–H groups in total. The van der Waals surface area contributed by atoms with Crippen molar-refractivity contribution in [3.8, 4) is 5.75 Å². The van der Waals surface area contributed by atoms with Gasteiger partial charge in [0.15, 0.2) is 5.60 Å². The van der Waals surface area contributed by atoms with Gasteiger partial charge in [0.05, 0.1) is 13.7 Å². The summed E-state index contributed by atoms with van der Waals surface area (Å²) in [6.07, 6.45) is 0.254. The normalized spacial score (nSPS) is 14.3. The number of benzene rings is 1. The molecular formula is C16H21N5O5. The number of hydrogen-bond acceptors (Lipinski definition) is 7. The van der Waals surface area contributed by atoms with E-state index in [4.69, 9.17) is 9.84 Å². The molecule has 0 fully saturated rings. The van der Waals surface area contributed by atoms with Crippen LogP contribution in [0.15, 0.2) is 24.3 Å². The highest BCUT2D eigenvalue weighted by Crippen LogP contribution is 2.19. The molecule has 0 radical (unpaired) electrons. The lowest BCUT2D eigenvalue weighted by Crippen LogP contribution is -2.48. The number of carbonyl (C=O) groups excluding carboxylic acids is 1. The number of tetrazole rings is 1. The second-order valence-electron chi connectivity index (χ2n) is 6.04. The van der Waals surface area contributed by atoms with Crippen LogP contribution in [0.25, 0.3) is 0 Å². The zero-order chi connectivity index (χ0) is 19.3. The van der Waals surface area contributed by atoms with Crippen LogP contribution in [0.3, 0.4) is 0 Å². The van der Waals surface area contributed by atoms with Crippen molar-refractivity contribution in [3.05, 3.63) is 35.7 Å². The number of aliphatic carboxylic acids is 1. The number of carboxylic acids is 1. The minimum atomic E-state index is -2.08. The monoisotopic (exact) mass is 363 g/mol. The Kier molecular flexibility index (Phi) is 5.88. The van der Waals surface area contributed by atoms with E-state index in [0.717, 1.165) is 12.5 Å². The van der Waals surface area contributed by atoms with E-state index in [9.17, 15) is 14.7 Å². The number of hydrogen-bond donors (Lipinski definition) is 3. The highest BCUT2D eigenvalue weighted by Gasteiger charge is 2.32. The summed E-state index contributed by atoms with van der Waals surface area (Å²) in [4.78, 5) is 23.7. The fourth-order valence-electron chi connectivity index (χ4n) is 2.29. The lowest BCUT2D eigenvalue weighted by atomic mass is 10.0. The Morgan fingerprint density at radius 2 is 2.15 bits per heavy atom. The molecule has 1 aromatic heterocycles. The number of methoxy groups -OCH3 is 1. The van der Waals surface area contributed by atoms with Crippen molar-refractivity contribution in [3.63, 3.8) is 0 Å². The Bertz CT molecular complexity index is 789. The molecule has 1 aromatic carbocycles. The van der Waals surface area contributed by atoms with E-state index in [1.165, 1.54) is 4.68 Å². The molecule has 0 spiro atoms. The molecule has 2 aromatic rings. The molecule has 26 heavy (non-hydrogen) atoms. The Hall–Kier alpha value is -3.01. The number of amides is 1. The molecule has 0 aliphatic rings. The van der Waals surface area contributed by atoms with Gasteiger partial charge in [0.25, 0.3) is 0 Å². The first kappa shape index (κ1) is 19.3. The Morgan fingerprint density at radius 1 is 1.42 bits per heavy atom. The first-order valence-electron chi connectivity index (χ1n) is 7.85. The van der Waals surface area contributed by atoms with Crippen LogP contribution in [-0.4, -0.2) is 61.6 Å². The number of carbonyl (C=O) groups is 2. The van der Waals surface area contributed by atoms with Crippen molar-refractivity contribution in [2.75, 3.05) is 13.7 Å². The first-order chi connectivity index (χ1) is 12.2. The van der Waals surface area contributed by atoms with Crippen molar-refractivity contribution in [1.82, 2.24) is 25.5 Å². The summed E-state index contributed by atoms with van der Waals surface area (Å²) < 4.78 is 6.54. The first-order valence-corrected chi connectivity index (χ1v) is 7.85. The van der Waals surface area contributed by atoms with Gasteiger partial charge in [0, 0.05) is 6.42 Å². The van der Waals surface area contributed by atoms with E-state index >= 15 is 0 Å². The van der Waals surface area contributed by atoms with Gasteiger partial charge in [-0.1, -0.05) is 12.1 Å². The second-order valence-corrected chi connectivity index (χ2v) is 6.04. The number of aliphatic hydroxyl groups is 1. The van der Waals surface area contributed by atoms with Crippen molar-refractivity contribution in [2.45, 2.75) is 31.9 Å². The van der Waals surface area contributed by atoms with Crippen LogP contribution in [-0.2, 0) is 16.0 Å². The molecule has 0 bridgehead atoms. The van der Waals surface area contributed by atoms with Crippen molar-refractivity contribution in [2.24, 2.45) is 0 Å². The smallest absolute Gasteiger partial charge is 0.337 e. The summed E-state index contributed by atoms with van der Waals surface area (Å²) in [6.45, 7) is 2.31. The summed E-state index contributed by atoms with van der Waals surface area (Å²) in [6, 6.07) is 6.38. The molecule has 0 saturated heterocycles. The maximum Gasteiger partial charge on any atom is 0.337 e. The van der Waals surface area contributed by atoms with Gasteiger partial charge >= 0.3 is 5.97 Å². The minimum Gasteiger partial charge on any atom is -0.497 e. The molecule has 2 atom stereocenters. The van der Waals surface area contributed by atoms with Gasteiger partial charge in [-0.15, -0.1) is 5.10 Å². The molecule has 0 saturated carbocycles. The topological polar surface area (TPSA) is 139 Å². The second kappa shape index (κ2) is 7.91. The SMILES string of the molecule is COc1cccc(CC(C(=O)NCC(C)(O)C(=O)O)n2nnnc2C)c1. The van der Waals surface area contributed by atoms with E-state index in [2.05, 4.69) is 20.8 Å². The molecule has 0 aliphatic carbocycles. The van der Waals surface area contributed by atoms with Gasteiger partial charge in [-0.25, -0.2) is 9.48 Å². The van der Waals surface area contributed by atoms with Gasteiger partial charge < -0.3 is 20.3 Å². The third-order valence-corrected chi connectivity index (χ3v) is 3.89. The van der Waals surface area contributed by atoms with E-state index in [-0.39, 0.29) is 6.42 Å². The average Bonchev–Trinajstić information content (AvgIpc) is 3.03. The molecule has 1 heterocycles. The van der Waals surface area contributed by atoms with E-state index in [1.807, 2.05) is 6.07 Å². The summed E-state index contributed by atoms with van der Waals surface area (Å²) in [5.41, 5.74) is -1.27. The van der Waals surface area contributed by atoms with Crippen LogP contribution in [0.1, 0.15) is 24.4 Å². The summed E-state index contributed by atoms with van der Waals surface area (Å²) >= 11 is 0. The number of rotatable bonds is 8. The quantitative estimate of drug-likeness (QED) is 0.582. The van der Waals surface area contributed by atoms with Crippen LogP contribution in [0.5, 0.6) is 5.75 Å². The minimum absolute atomic E-state index is 0.254. The van der Waals surface area contributed by atoms with Crippen molar-refractivity contribution < 1.29 is 24.5 Å². The molecule has 10 heteroatoms. The Balaban J connectivity index is 2.23. The number of ether oxygens (including phenoxy) is 1. The highest BCUT2D eigenvalue weighted by atomic mass is 16.5. The number of nitrogens with one attached hydrogen (secondary N) is 1. The van der Waals surface area contributed by atoms with Gasteiger partial charge in [-0.3, -0.25) is 4.79 Å². The third kappa shape index (κ3) is 4.54. The molecule has 1 amide bonds. The molecule has 140 valence electrons. The van der Waals surface area contributed by atoms with Crippen LogP contribution in [0.4, 0.5) is 0 Å². The van der Waals surface area contributed by atoms with E-state index in [1.54, 1.807) is 32.2 Å². The van der Waals surface area contributed by atoms with Gasteiger partial charge in [-0.05, 0) is 42.0 Å². The third-order valence-electron chi connectivity index (χ3n) is 3.89. The molecule has 0 aliphatic heterocycles. The van der Waals surface area contributed by atoms with E-state index < -0.39 is 30.1 Å². The Labute approximate surface area is 149 Å². The zero-order valence-corrected chi connectivity index (χ0v) is 14.7. The maximum absolute atomic E-state index is 12.7. The standard InChI is InChI=1S/C16H21N5O5/c1-10-18-19-20-21(10)13(8-11-5-4-6-12(7-11)26-3)14(22)17-9-16(2,25)15(23)24/h4-7,13,25H,8-9H2,1-3H3,(H,17,22)(H,23,24). The summed E-state index contributed by atoms with van der Waals surface area (Å²) in [7, 11) is 1.54. The number of aromatic nitrogens is 4. The number of carboxylic acid groups (broad SMARTS) is 1. The summed E-state index contributed by atoms with van der Waals surface area (Å²) in [5.74, 6) is -0.868. The van der Waals surface area contributed by atoms with Crippen LogP contribution >= 0.6 is 0 Å². The summed E-state index contributed by atoms with van der Waals surface area (Å²) in [5, 5.41) is 32.4. The molecule has 10 nitrogen and oxygen atoms in total. The number of aryl methyl sites for hydroxylation is 1. The van der Waals surface area contributed by atoms with Gasteiger partial charge in [0.1, 0.15) is 17.6 Å². The molecule has 2 unspecified atom stereocenters. The van der Waals surface area contributed by atoms with Crippen LogP contribution in [0, 0.1) is 6.92 Å². The van der Waals surface area contributed by atoms with Gasteiger partial charge in [-0.2, -0.15) is 0 Å². The molecule has 2 rings (SSSR count). The fraction of sp³-hybridized carbons (Fsp3) is 0.438.